The van der Waals surface area contributed by atoms with Crippen molar-refractivity contribution in [2.45, 2.75) is 6.42 Å². The van der Waals surface area contributed by atoms with Crippen molar-refractivity contribution in [3.05, 3.63) is 96.0 Å². The van der Waals surface area contributed by atoms with Crippen molar-refractivity contribution in [2.75, 3.05) is 11.4 Å². The van der Waals surface area contributed by atoms with Crippen LogP contribution in [0, 0.1) is 0 Å². The smallest absolute Gasteiger partial charge is 0.163 e. The van der Waals surface area contributed by atoms with Crippen LogP contribution in [0.1, 0.15) is 5.56 Å². The Morgan fingerprint density at radius 3 is 2.38 bits per heavy atom. The highest BCUT2D eigenvalue weighted by atomic mass is 35.5. The molecular formula is C26H18ClN5. The highest BCUT2D eigenvalue weighted by Gasteiger charge is 2.24. The molecule has 0 saturated heterocycles. The molecule has 0 N–H and O–H groups in total. The van der Waals surface area contributed by atoms with E-state index in [1.54, 1.807) is 18.6 Å². The van der Waals surface area contributed by atoms with Gasteiger partial charge in [-0.2, -0.15) is 0 Å². The molecule has 6 rings (SSSR count). The molecule has 1 aliphatic rings. The Morgan fingerprint density at radius 2 is 1.59 bits per heavy atom. The fourth-order valence-electron chi connectivity index (χ4n) is 4.25. The van der Waals surface area contributed by atoms with Gasteiger partial charge < -0.3 is 4.90 Å². The molecule has 4 heterocycles. The standard InChI is InChI=1S/C26H18ClN5/c27-21-6-8-24-18(13-21)9-12-32(24)26-22-14-17(19-3-1-10-28-15-19)5-7-23(22)30-25(31-26)20-4-2-11-29-16-20/h1-8,10-11,13-16H,9,12H2. The summed E-state index contributed by atoms with van der Waals surface area (Å²) in [6, 6.07) is 20.3. The Balaban J connectivity index is 1.59. The van der Waals surface area contributed by atoms with Gasteiger partial charge in [-0.05, 0) is 66.1 Å². The molecule has 1 aliphatic heterocycles. The van der Waals surface area contributed by atoms with Crippen molar-refractivity contribution in [1.82, 2.24) is 19.9 Å². The second-order valence-electron chi connectivity index (χ2n) is 7.76. The van der Waals surface area contributed by atoms with E-state index in [0.717, 1.165) is 57.1 Å². The molecule has 0 aliphatic carbocycles. The molecule has 32 heavy (non-hydrogen) atoms. The minimum Gasteiger partial charge on any atom is -0.325 e. The van der Waals surface area contributed by atoms with Crippen LogP contribution >= 0.6 is 11.6 Å². The normalized spacial score (nSPS) is 12.8. The minimum atomic E-state index is 0.664. The first-order valence-electron chi connectivity index (χ1n) is 10.4. The first-order chi connectivity index (χ1) is 15.8. The van der Waals surface area contributed by atoms with Crippen molar-refractivity contribution in [3.8, 4) is 22.5 Å². The Kier molecular flexibility index (Phi) is 4.55. The van der Waals surface area contributed by atoms with Gasteiger partial charge in [0.15, 0.2) is 5.82 Å². The van der Waals surface area contributed by atoms with Crippen molar-refractivity contribution < 1.29 is 0 Å². The van der Waals surface area contributed by atoms with E-state index >= 15 is 0 Å². The lowest BCUT2D eigenvalue weighted by Gasteiger charge is -2.21. The number of pyridine rings is 2. The molecule has 0 amide bonds. The summed E-state index contributed by atoms with van der Waals surface area (Å²) >= 11 is 6.25. The number of anilines is 2. The van der Waals surface area contributed by atoms with E-state index in [-0.39, 0.29) is 0 Å². The zero-order chi connectivity index (χ0) is 21.5. The zero-order valence-corrected chi connectivity index (χ0v) is 17.9. The van der Waals surface area contributed by atoms with Gasteiger partial charge >= 0.3 is 0 Å². The molecular weight excluding hydrogens is 418 g/mol. The third kappa shape index (κ3) is 3.27. The molecule has 5 aromatic rings. The van der Waals surface area contributed by atoms with Crippen LogP contribution in [-0.2, 0) is 6.42 Å². The highest BCUT2D eigenvalue weighted by molar-refractivity contribution is 6.30. The maximum atomic E-state index is 6.25. The van der Waals surface area contributed by atoms with Gasteiger partial charge in [0, 0.05) is 58.6 Å². The first kappa shape index (κ1) is 18.9. The second kappa shape index (κ2) is 7.70. The average Bonchev–Trinajstić information content (AvgIpc) is 3.27. The van der Waals surface area contributed by atoms with Crippen LogP contribution in [0.5, 0.6) is 0 Å². The summed E-state index contributed by atoms with van der Waals surface area (Å²) < 4.78 is 0. The van der Waals surface area contributed by atoms with Gasteiger partial charge in [0.25, 0.3) is 0 Å². The molecule has 5 nitrogen and oxygen atoms in total. The second-order valence-corrected chi connectivity index (χ2v) is 8.20. The van der Waals surface area contributed by atoms with Gasteiger partial charge in [-0.3, -0.25) is 9.97 Å². The Morgan fingerprint density at radius 1 is 0.781 bits per heavy atom. The summed E-state index contributed by atoms with van der Waals surface area (Å²) in [5, 5.41) is 1.76. The topological polar surface area (TPSA) is 54.8 Å². The molecule has 0 spiro atoms. The molecule has 6 heteroatoms. The number of benzene rings is 2. The summed E-state index contributed by atoms with van der Waals surface area (Å²) in [6.07, 6.45) is 8.13. The number of aromatic nitrogens is 4. The lowest BCUT2D eigenvalue weighted by molar-refractivity contribution is 0.976. The minimum absolute atomic E-state index is 0.664. The van der Waals surface area contributed by atoms with Crippen molar-refractivity contribution >= 4 is 34.0 Å². The number of halogens is 1. The monoisotopic (exact) mass is 435 g/mol. The Labute approximate surface area is 190 Å². The number of fused-ring (bicyclic) bond motifs is 2. The van der Waals surface area contributed by atoms with Crippen molar-refractivity contribution in [1.29, 1.82) is 0 Å². The van der Waals surface area contributed by atoms with Crippen LogP contribution in [0.4, 0.5) is 11.5 Å². The number of hydrogen-bond donors (Lipinski definition) is 0. The summed E-state index contributed by atoms with van der Waals surface area (Å²) in [5.74, 6) is 1.55. The summed E-state index contributed by atoms with van der Waals surface area (Å²) in [5.41, 5.74) is 6.30. The van der Waals surface area contributed by atoms with Gasteiger partial charge in [-0.1, -0.05) is 23.7 Å². The van der Waals surface area contributed by atoms with E-state index in [1.807, 2.05) is 36.5 Å². The molecule has 0 bridgehead atoms. The average molecular weight is 436 g/mol. The van der Waals surface area contributed by atoms with Crippen LogP contribution in [0.3, 0.4) is 0 Å². The highest BCUT2D eigenvalue weighted by Crippen LogP contribution is 2.39. The predicted octanol–water partition coefficient (Wildman–Crippen LogP) is 6.10. The van der Waals surface area contributed by atoms with E-state index in [0.29, 0.717) is 5.82 Å². The van der Waals surface area contributed by atoms with Crippen LogP contribution in [0.2, 0.25) is 5.02 Å². The van der Waals surface area contributed by atoms with Gasteiger partial charge in [-0.15, -0.1) is 0 Å². The van der Waals surface area contributed by atoms with E-state index in [4.69, 9.17) is 21.6 Å². The molecule has 0 atom stereocenters. The zero-order valence-electron chi connectivity index (χ0n) is 17.1. The molecule has 154 valence electrons. The van der Waals surface area contributed by atoms with Gasteiger partial charge in [-0.25, -0.2) is 9.97 Å². The lowest BCUT2D eigenvalue weighted by atomic mass is 10.0. The largest absolute Gasteiger partial charge is 0.325 e. The van der Waals surface area contributed by atoms with Crippen LogP contribution < -0.4 is 4.90 Å². The van der Waals surface area contributed by atoms with Gasteiger partial charge in [0.05, 0.1) is 5.52 Å². The van der Waals surface area contributed by atoms with Gasteiger partial charge in [0.2, 0.25) is 0 Å². The quantitative estimate of drug-likeness (QED) is 0.342. The van der Waals surface area contributed by atoms with Gasteiger partial charge in [0.1, 0.15) is 5.82 Å². The Bertz CT molecular complexity index is 1440. The molecule has 0 radical (unpaired) electrons. The number of hydrogen-bond acceptors (Lipinski definition) is 5. The molecule has 0 fully saturated rings. The van der Waals surface area contributed by atoms with E-state index in [1.165, 1.54) is 5.56 Å². The molecule has 2 aromatic carbocycles. The fraction of sp³-hybridized carbons (Fsp3) is 0.0769. The number of rotatable bonds is 3. The predicted molar refractivity (Wildman–Crippen MR) is 128 cm³/mol. The summed E-state index contributed by atoms with van der Waals surface area (Å²) in [6.45, 7) is 0.839. The summed E-state index contributed by atoms with van der Waals surface area (Å²) in [7, 11) is 0. The van der Waals surface area contributed by atoms with Crippen molar-refractivity contribution in [3.63, 3.8) is 0 Å². The summed E-state index contributed by atoms with van der Waals surface area (Å²) in [4.78, 5) is 20.7. The fourth-order valence-corrected chi connectivity index (χ4v) is 4.44. The van der Waals surface area contributed by atoms with Crippen LogP contribution in [0.25, 0.3) is 33.4 Å². The maximum absolute atomic E-state index is 6.25. The van der Waals surface area contributed by atoms with Crippen LogP contribution in [-0.4, -0.2) is 26.5 Å². The first-order valence-corrected chi connectivity index (χ1v) is 10.8. The van der Waals surface area contributed by atoms with E-state index in [9.17, 15) is 0 Å². The third-order valence-electron chi connectivity index (χ3n) is 5.78. The third-order valence-corrected chi connectivity index (χ3v) is 6.02. The molecule has 0 saturated carbocycles. The molecule has 3 aromatic heterocycles. The SMILES string of the molecule is Clc1ccc2c(c1)CCN2c1nc(-c2cccnc2)nc2ccc(-c3cccnc3)cc12. The van der Waals surface area contributed by atoms with Crippen molar-refractivity contribution in [2.24, 2.45) is 0 Å². The lowest BCUT2D eigenvalue weighted by Crippen LogP contribution is -2.16. The maximum Gasteiger partial charge on any atom is 0.163 e. The van der Waals surface area contributed by atoms with E-state index in [2.05, 4.69) is 45.2 Å². The Hall–Kier alpha value is -3.83. The van der Waals surface area contributed by atoms with E-state index < -0.39 is 0 Å². The molecule has 0 unspecified atom stereocenters. The van der Waals surface area contributed by atoms with Crippen LogP contribution in [0.15, 0.2) is 85.5 Å². The number of nitrogens with zero attached hydrogens (tertiary/aromatic N) is 5.